The fraction of sp³-hybridized carbons (Fsp3) is 0.538. The standard InChI is InChI=1S/C13H19NO3S/c1-10-5-4-6-11(10)9-14-18(16,17)13-8-3-2-7-12(13)15/h2-3,7-8,10-11,14-15H,4-6,9H2,1H3. The van der Waals surface area contributed by atoms with Gasteiger partial charge in [0, 0.05) is 6.54 Å². The number of aromatic hydroxyl groups is 1. The van der Waals surface area contributed by atoms with Crippen LogP contribution in [0, 0.1) is 11.8 Å². The summed E-state index contributed by atoms with van der Waals surface area (Å²) in [5, 5.41) is 9.57. The Labute approximate surface area is 108 Å². The molecule has 0 spiro atoms. The summed E-state index contributed by atoms with van der Waals surface area (Å²) in [5.74, 6) is 0.771. The maximum atomic E-state index is 12.0. The van der Waals surface area contributed by atoms with E-state index >= 15 is 0 Å². The predicted octanol–water partition coefficient (Wildman–Crippen LogP) is 2.11. The van der Waals surface area contributed by atoms with Crippen LogP contribution in [0.15, 0.2) is 29.2 Å². The highest BCUT2D eigenvalue weighted by atomic mass is 32.2. The van der Waals surface area contributed by atoms with Crippen molar-refractivity contribution in [1.29, 1.82) is 0 Å². The van der Waals surface area contributed by atoms with Gasteiger partial charge in [-0.05, 0) is 30.4 Å². The second-order valence-electron chi connectivity index (χ2n) is 4.99. The van der Waals surface area contributed by atoms with Crippen LogP contribution in [0.5, 0.6) is 5.75 Å². The van der Waals surface area contributed by atoms with Gasteiger partial charge in [-0.2, -0.15) is 0 Å². The zero-order valence-corrected chi connectivity index (χ0v) is 11.3. The van der Waals surface area contributed by atoms with Crippen molar-refractivity contribution in [1.82, 2.24) is 4.72 Å². The van der Waals surface area contributed by atoms with Crippen LogP contribution in [-0.2, 0) is 10.0 Å². The van der Waals surface area contributed by atoms with E-state index in [2.05, 4.69) is 11.6 Å². The third-order valence-electron chi connectivity index (χ3n) is 3.73. The fourth-order valence-electron chi connectivity index (χ4n) is 2.50. The molecule has 5 heteroatoms. The summed E-state index contributed by atoms with van der Waals surface area (Å²) in [6, 6.07) is 6.00. The lowest BCUT2D eigenvalue weighted by molar-refractivity contribution is 0.413. The zero-order valence-electron chi connectivity index (χ0n) is 10.5. The molecule has 0 saturated heterocycles. The average molecular weight is 269 g/mol. The van der Waals surface area contributed by atoms with Crippen LogP contribution in [0.3, 0.4) is 0 Å². The van der Waals surface area contributed by atoms with E-state index in [0.717, 1.165) is 6.42 Å². The molecule has 100 valence electrons. The number of rotatable bonds is 4. The Bertz CT molecular complexity index is 513. The van der Waals surface area contributed by atoms with E-state index in [0.29, 0.717) is 18.4 Å². The first-order valence-corrected chi connectivity index (χ1v) is 7.76. The monoisotopic (exact) mass is 269 g/mol. The third-order valence-corrected chi connectivity index (χ3v) is 5.20. The molecule has 0 aromatic heterocycles. The number of hydrogen-bond donors (Lipinski definition) is 2. The highest BCUT2D eigenvalue weighted by Crippen LogP contribution is 2.31. The highest BCUT2D eigenvalue weighted by Gasteiger charge is 2.26. The molecule has 2 atom stereocenters. The Hall–Kier alpha value is -1.07. The first-order valence-electron chi connectivity index (χ1n) is 6.28. The third kappa shape index (κ3) is 2.84. The summed E-state index contributed by atoms with van der Waals surface area (Å²) >= 11 is 0. The van der Waals surface area contributed by atoms with Crippen molar-refractivity contribution in [3.05, 3.63) is 24.3 Å². The lowest BCUT2D eigenvalue weighted by atomic mass is 9.99. The van der Waals surface area contributed by atoms with Crippen molar-refractivity contribution in [3.63, 3.8) is 0 Å². The van der Waals surface area contributed by atoms with E-state index in [4.69, 9.17) is 0 Å². The van der Waals surface area contributed by atoms with Gasteiger partial charge in [0.25, 0.3) is 0 Å². The van der Waals surface area contributed by atoms with Gasteiger partial charge in [-0.1, -0.05) is 31.9 Å². The summed E-state index contributed by atoms with van der Waals surface area (Å²) < 4.78 is 26.7. The molecule has 18 heavy (non-hydrogen) atoms. The van der Waals surface area contributed by atoms with Crippen LogP contribution in [-0.4, -0.2) is 20.1 Å². The lowest BCUT2D eigenvalue weighted by Gasteiger charge is -2.16. The summed E-state index contributed by atoms with van der Waals surface area (Å²) in [7, 11) is -3.60. The number of phenols is 1. The normalized spacial score (nSPS) is 24.3. The van der Waals surface area contributed by atoms with Gasteiger partial charge in [-0.15, -0.1) is 0 Å². The maximum Gasteiger partial charge on any atom is 0.244 e. The molecule has 0 aliphatic heterocycles. The number of para-hydroxylation sites is 1. The quantitative estimate of drug-likeness (QED) is 0.879. The second kappa shape index (κ2) is 5.28. The van der Waals surface area contributed by atoms with Crippen molar-refractivity contribution in [2.45, 2.75) is 31.1 Å². The predicted molar refractivity (Wildman–Crippen MR) is 69.8 cm³/mol. The zero-order chi connectivity index (χ0) is 13.2. The summed E-state index contributed by atoms with van der Waals surface area (Å²) in [6.07, 6.45) is 3.41. The van der Waals surface area contributed by atoms with Gasteiger partial charge in [-0.3, -0.25) is 0 Å². The van der Waals surface area contributed by atoms with E-state index in [1.54, 1.807) is 12.1 Å². The lowest BCUT2D eigenvalue weighted by Crippen LogP contribution is -2.30. The van der Waals surface area contributed by atoms with Crippen LogP contribution in [0.25, 0.3) is 0 Å². The van der Waals surface area contributed by atoms with Crippen molar-refractivity contribution in [3.8, 4) is 5.75 Å². The highest BCUT2D eigenvalue weighted by molar-refractivity contribution is 7.89. The largest absolute Gasteiger partial charge is 0.507 e. The topological polar surface area (TPSA) is 66.4 Å². The minimum atomic E-state index is -3.60. The minimum absolute atomic E-state index is 0.0457. The smallest absolute Gasteiger partial charge is 0.244 e. The first kappa shape index (κ1) is 13.4. The van der Waals surface area contributed by atoms with E-state index in [1.807, 2.05) is 0 Å². The molecule has 1 aromatic rings. The number of phenolic OH excluding ortho intramolecular Hbond substituents is 1. The molecule has 2 N–H and O–H groups in total. The molecule has 0 amide bonds. The molecule has 0 heterocycles. The van der Waals surface area contributed by atoms with Crippen molar-refractivity contribution in [2.24, 2.45) is 11.8 Å². The summed E-state index contributed by atoms with van der Waals surface area (Å²) in [6.45, 7) is 2.61. The van der Waals surface area contributed by atoms with Gasteiger partial charge >= 0.3 is 0 Å². The molecule has 2 rings (SSSR count). The van der Waals surface area contributed by atoms with Crippen LogP contribution in [0.4, 0.5) is 0 Å². The first-order chi connectivity index (χ1) is 8.50. The number of sulfonamides is 1. The molecule has 1 aliphatic rings. The van der Waals surface area contributed by atoms with E-state index in [-0.39, 0.29) is 10.6 Å². The Balaban J connectivity index is 2.06. The molecule has 0 bridgehead atoms. The van der Waals surface area contributed by atoms with Gasteiger partial charge in [0.05, 0.1) is 0 Å². The summed E-state index contributed by atoms with van der Waals surface area (Å²) in [4.78, 5) is -0.0457. The molecular weight excluding hydrogens is 250 g/mol. The van der Waals surface area contributed by atoms with Crippen molar-refractivity contribution >= 4 is 10.0 Å². The second-order valence-corrected chi connectivity index (χ2v) is 6.72. The minimum Gasteiger partial charge on any atom is -0.507 e. The van der Waals surface area contributed by atoms with Crippen LogP contribution in [0.1, 0.15) is 26.2 Å². The average Bonchev–Trinajstić information content (AvgIpc) is 2.73. The molecule has 1 saturated carbocycles. The molecule has 2 unspecified atom stereocenters. The van der Waals surface area contributed by atoms with Crippen LogP contribution >= 0.6 is 0 Å². The molecule has 0 radical (unpaired) electrons. The molecule has 4 nitrogen and oxygen atoms in total. The number of benzene rings is 1. The Morgan fingerprint density at radius 2 is 2.06 bits per heavy atom. The van der Waals surface area contributed by atoms with Crippen molar-refractivity contribution < 1.29 is 13.5 Å². The molecule has 1 fully saturated rings. The SMILES string of the molecule is CC1CCCC1CNS(=O)(=O)c1ccccc1O. The van der Waals surface area contributed by atoms with E-state index in [9.17, 15) is 13.5 Å². The van der Waals surface area contributed by atoms with E-state index < -0.39 is 10.0 Å². The maximum absolute atomic E-state index is 12.0. The molecule has 1 aromatic carbocycles. The van der Waals surface area contributed by atoms with Gasteiger partial charge < -0.3 is 5.11 Å². The Morgan fingerprint density at radius 3 is 2.67 bits per heavy atom. The number of hydrogen-bond acceptors (Lipinski definition) is 3. The number of nitrogens with one attached hydrogen (secondary N) is 1. The Morgan fingerprint density at radius 1 is 1.33 bits per heavy atom. The van der Waals surface area contributed by atoms with Gasteiger partial charge in [0.1, 0.15) is 10.6 Å². The van der Waals surface area contributed by atoms with E-state index in [1.165, 1.54) is 25.0 Å². The van der Waals surface area contributed by atoms with Crippen LogP contribution in [0.2, 0.25) is 0 Å². The van der Waals surface area contributed by atoms with Gasteiger partial charge in [-0.25, -0.2) is 13.1 Å². The van der Waals surface area contributed by atoms with Crippen LogP contribution < -0.4 is 4.72 Å². The fourth-order valence-corrected chi connectivity index (χ4v) is 3.69. The van der Waals surface area contributed by atoms with Gasteiger partial charge in [0.2, 0.25) is 10.0 Å². The van der Waals surface area contributed by atoms with Gasteiger partial charge in [0.15, 0.2) is 0 Å². The Kier molecular flexibility index (Phi) is 3.92. The molecular formula is C13H19NO3S. The van der Waals surface area contributed by atoms with Crippen molar-refractivity contribution in [2.75, 3.05) is 6.54 Å². The molecule has 1 aliphatic carbocycles. The summed E-state index contributed by atoms with van der Waals surface area (Å²) in [5.41, 5.74) is 0.